The number of hydrogen-bond acceptors (Lipinski definition) is 4. The Bertz CT molecular complexity index is 638. The van der Waals surface area contributed by atoms with Crippen molar-refractivity contribution in [2.75, 3.05) is 6.54 Å². The van der Waals surface area contributed by atoms with Gasteiger partial charge in [0.15, 0.2) is 5.82 Å². The monoisotopic (exact) mass is 299 g/mol. The van der Waals surface area contributed by atoms with E-state index < -0.39 is 0 Å². The lowest BCUT2D eigenvalue weighted by Crippen LogP contribution is -2.24. The largest absolute Gasteiger partial charge is 0.339 e. The molecule has 2 aromatic rings. The van der Waals surface area contributed by atoms with E-state index in [1.54, 1.807) is 0 Å². The van der Waals surface area contributed by atoms with Crippen LogP contribution in [-0.4, -0.2) is 27.5 Å². The van der Waals surface area contributed by atoms with Crippen LogP contribution < -0.4 is 0 Å². The molecule has 0 aliphatic carbocycles. The third kappa shape index (κ3) is 3.03. The van der Waals surface area contributed by atoms with Gasteiger partial charge in [-0.1, -0.05) is 49.3 Å². The van der Waals surface area contributed by atoms with E-state index in [2.05, 4.69) is 24.0 Å². The molecule has 0 N–H and O–H groups in total. The maximum Gasteiger partial charge on any atom is 0.229 e. The lowest BCUT2D eigenvalue weighted by atomic mass is 10.1. The van der Waals surface area contributed by atoms with E-state index >= 15 is 0 Å². The first-order valence-corrected chi connectivity index (χ1v) is 7.82. The van der Waals surface area contributed by atoms with Crippen LogP contribution in [0.4, 0.5) is 0 Å². The molecule has 116 valence electrons. The molecule has 0 radical (unpaired) electrons. The summed E-state index contributed by atoms with van der Waals surface area (Å²) in [5.41, 5.74) is 1.14. The highest BCUT2D eigenvalue weighted by atomic mass is 16.5. The molecule has 2 atom stereocenters. The Labute approximate surface area is 130 Å². The Morgan fingerprint density at radius 3 is 2.86 bits per heavy atom. The highest BCUT2D eigenvalue weighted by Crippen LogP contribution is 2.28. The molecule has 0 spiro atoms. The first-order valence-electron chi connectivity index (χ1n) is 7.82. The summed E-state index contributed by atoms with van der Waals surface area (Å²) < 4.78 is 5.33. The van der Waals surface area contributed by atoms with Crippen LogP contribution in [-0.2, 0) is 11.3 Å². The van der Waals surface area contributed by atoms with Crippen molar-refractivity contribution < 1.29 is 9.32 Å². The van der Waals surface area contributed by atoms with Gasteiger partial charge in [-0.2, -0.15) is 4.98 Å². The molecule has 0 bridgehead atoms. The minimum absolute atomic E-state index is 0.0396. The summed E-state index contributed by atoms with van der Waals surface area (Å²) in [5, 5.41) is 4.08. The minimum atomic E-state index is 0.0396. The number of rotatable bonds is 5. The van der Waals surface area contributed by atoms with Gasteiger partial charge in [-0.15, -0.1) is 0 Å². The molecule has 0 unspecified atom stereocenters. The van der Waals surface area contributed by atoms with Crippen molar-refractivity contribution in [3.05, 3.63) is 47.6 Å². The summed E-state index contributed by atoms with van der Waals surface area (Å²) in [6.45, 7) is 5.47. The molecule has 22 heavy (non-hydrogen) atoms. The molecule has 0 saturated carbocycles. The van der Waals surface area contributed by atoms with E-state index in [1.165, 1.54) is 0 Å². The van der Waals surface area contributed by atoms with Crippen molar-refractivity contribution in [3.8, 4) is 0 Å². The van der Waals surface area contributed by atoms with Crippen LogP contribution >= 0.6 is 0 Å². The number of aromatic nitrogens is 2. The van der Waals surface area contributed by atoms with Crippen LogP contribution in [0.1, 0.15) is 55.8 Å². The molecule has 1 aromatic carbocycles. The molecule has 5 nitrogen and oxygen atoms in total. The fourth-order valence-electron chi connectivity index (χ4n) is 2.69. The Hall–Kier alpha value is -2.17. The maximum atomic E-state index is 12.2. The number of carbonyl (C=O) groups excluding carboxylic acids is 1. The predicted molar refractivity (Wildman–Crippen MR) is 82.2 cm³/mol. The Balaban J connectivity index is 1.68. The molecule has 3 rings (SSSR count). The molecular formula is C17H21N3O2. The second-order valence-electron chi connectivity index (χ2n) is 5.96. The second kappa shape index (κ2) is 6.30. The lowest BCUT2D eigenvalue weighted by molar-refractivity contribution is -0.128. The Morgan fingerprint density at radius 1 is 1.36 bits per heavy atom. The van der Waals surface area contributed by atoms with Gasteiger partial charge < -0.3 is 9.42 Å². The quantitative estimate of drug-likeness (QED) is 0.851. The van der Waals surface area contributed by atoms with Gasteiger partial charge in [-0.3, -0.25) is 4.79 Å². The molecule has 1 fully saturated rings. The standard InChI is InChI=1S/C17H21N3O2/c1-3-12(2)17-18-16(19-22-17)14-9-15(21)20(11-14)10-13-7-5-4-6-8-13/h4-8,12,14H,3,9-11H2,1-2H3/t12-,14-/m1/s1. The highest BCUT2D eigenvalue weighted by molar-refractivity contribution is 5.79. The number of amides is 1. The van der Waals surface area contributed by atoms with Crippen molar-refractivity contribution >= 4 is 5.91 Å². The second-order valence-corrected chi connectivity index (χ2v) is 5.96. The topological polar surface area (TPSA) is 59.2 Å². The lowest BCUT2D eigenvalue weighted by Gasteiger charge is -2.15. The predicted octanol–water partition coefficient (Wildman–Crippen LogP) is 3.10. The number of likely N-dealkylation sites (tertiary alicyclic amines) is 1. The van der Waals surface area contributed by atoms with Crippen molar-refractivity contribution in [1.29, 1.82) is 0 Å². The summed E-state index contributed by atoms with van der Waals surface area (Å²) in [7, 11) is 0. The van der Waals surface area contributed by atoms with Gasteiger partial charge in [0, 0.05) is 31.3 Å². The summed E-state index contributed by atoms with van der Waals surface area (Å²) in [4.78, 5) is 18.6. The molecule has 1 aliphatic rings. The first kappa shape index (κ1) is 14.8. The van der Waals surface area contributed by atoms with Gasteiger partial charge >= 0.3 is 0 Å². The smallest absolute Gasteiger partial charge is 0.229 e. The number of benzene rings is 1. The zero-order valence-electron chi connectivity index (χ0n) is 13.0. The van der Waals surface area contributed by atoms with Crippen LogP contribution in [0.3, 0.4) is 0 Å². The summed E-state index contributed by atoms with van der Waals surface area (Å²) in [5.74, 6) is 1.80. The highest BCUT2D eigenvalue weighted by Gasteiger charge is 2.33. The van der Waals surface area contributed by atoms with Gasteiger partial charge in [-0.25, -0.2) is 0 Å². The molecule has 1 aliphatic heterocycles. The van der Waals surface area contributed by atoms with Crippen LogP contribution in [0, 0.1) is 0 Å². The number of carbonyl (C=O) groups is 1. The fourth-order valence-corrected chi connectivity index (χ4v) is 2.69. The third-order valence-corrected chi connectivity index (χ3v) is 4.29. The first-order chi connectivity index (χ1) is 10.7. The van der Waals surface area contributed by atoms with Crippen LogP contribution in [0.15, 0.2) is 34.9 Å². The van der Waals surface area contributed by atoms with E-state index in [0.29, 0.717) is 31.2 Å². The van der Waals surface area contributed by atoms with Crippen LogP contribution in [0.2, 0.25) is 0 Å². The van der Waals surface area contributed by atoms with Gasteiger partial charge in [0.1, 0.15) is 0 Å². The van der Waals surface area contributed by atoms with Crippen LogP contribution in [0.5, 0.6) is 0 Å². The van der Waals surface area contributed by atoms with E-state index in [4.69, 9.17) is 4.52 Å². The van der Waals surface area contributed by atoms with Crippen molar-refractivity contribution in [2.24, 2.45) is 0 Å². The van der Waals surface area contributed by atoms with Crippen molar-refractivity contribution in [1.82, 2.24) is 15.0 Å². The van der Waals surface area contributed by atoms with E-state index in [1.807, 2.05) is 35.2 Å². The Morgan fingerprint density at radius 2 is 2.14 bits per heavy atom. The van der Waals surface area contributed by atoms with E-state index in [-0.39, 0.29) is 17.7 Å². The van der Waals surface area contributed by atoms with E-state index in [9.17, 15) is 4.79 Å². The normalized spacial score (nSPS) is 19.6. The maximum absolute atomic E-state index is 12.2. The van der Waals surface area contributed by atoms with Crippen molar-refractivity contribution in [2.45, 2.75) is 45.1 Å². The van der Waals surface area contributed by atoms with Gasteiger partial charge in [0.25, 0.3) is 0 Å². The zero-order chi connectivity index (χ0) is 15.5. The molecule has 1 amide bonds. The molecule has 1 aromatic heterocycles. The van der Waals surface area contributed by atoms with Gasteiger partial charge in [0.2, 0.25) is 11.8 Å². The number of nitrogens with zero attached hydrogens (tertiary/aromatic N) is 3. The summed E-state index contributed by atoms with van der Waals surface area (Å²) in [6, 6.07) is 10.0. The zero-order valence-corrected chi connectivity index (χ0v) is 13.0. The van der Waals surface area contributed by atoms with Crippen molar-refractivity contribution in [3.63, 3.8) is 0 Å². The minimum Gasteiger partial charge on any atom is -0.339 e. The molecule has 5 heteroatoms. The average molecular weight is 299 g/mol. The van der Waals surface area contributed by atoms with Gasteiger partial charge in [-0.05, 0) is 12.0 Å². The SMILES string of the molecule is CC[C@@H](C)c1nc([C@@H]2CC(=O)N(Cc3ccccc3)C2)no1. The molecular weight excluding hydrogens is 278 g/mol. The average Bonchev–Trinajstić information content (AvgIpc) is 3.15. The Kier molecular flexibility index (Phi) is 4.22. The molecule has 2 heterocycles. The fraction of sp³-hybridized carbons (Fsp3) is 0.471. The van der Waals surface area contributed by atoms with Gasteiger partial charge in [0.05, 0.1) is 0 Å². The van der Waals surface area contributed by atoms with E-state index in [0.717, 1.165) is 12.0 Å². The third-order valence-electron chi connectivity index (χ3n) is 4.29. The molecule has 1 saturated heterocycles. The van der Waals surface area contributed by atoms with Crippen LogP contribution in [0.25, 0.3) is 0 Å². The summed E-state index contributed by atoms with van der Waals surface area (Å²) in [6.07, 6.45) is 1.43. The number of hydrogen-bond donors (Lipinski definition) is 0. The summed E-state index contributed by atoms with van der Waals surface area (Å²) >= 11 is 0.